The number of hydrogen-bond donors (Lipinski definition) is 0. The highest BCUT2D eigenvalue weighted by atomic mass is 15.2. The van der Waals surface area contributed by atoms with Gasteiger partial charge in [0.1, 0.15) is 0 Å². The molecular formula is C89H69BN2. The average molecular weight is 1180 g/mol. The van der Waals surface area contributed by atoms with Crippen molar-refractivity contribution in [2.75, 3.05) is 22.9 Å². The minimum absolute atomic E-state index is 0.0199. The minimum Gasteiger partial charge on any atom is -0.342 e. The van der Waals surface area contributed by atoms with Gasteiger partial charge in [0.25, 0.3) is 6.71 Å². The molecule has 15 aromatic carbocycles. The van der Waals surface area contributed by atoms with Gasteiger partial charge in [-0.05, 0) is 192 Å². The van der Waals surface area contributed by atoms with Crippen LogP contribution in [0.5, 0.6) is 0 Å². The molecule has 0 aromatic heterocycles. The van der Waals surface area contributed by atoms with Crippen LogP contribution in [0.1, 0.15) is 37.5 Å². The molecule has 0 fully saturated rings. The standard InChI is InChI=1S/C89H69BN2/c1-89(2,3)58-59-54-84-88-85(55-59)92(53-51-74-70(63-30-15-7-16-31-63)38-22-39-71(74)64-32-17-8-18-33-64)83-57-67(72-46-47-79-77-41-20-35-65-34-19-40-76(86(65)77)78-43-23-42-75(72)87(78)79)44-48-80(83)90(88)81-56-66(60-24-9-4-10-25-60)45-49-82(81)91(84)52-50-73-68(61-26-11-5-12-27-61)36-21-37-69(73)62-28-13-6-14-29-62/h4-49,54-57H,50-53,58H2,1-3H3. The van der Waals surface area contributed by atoms with Crippen LogP contribution >= 0.6 is 0 Å². The number of nitrogens with zero attached hydrogens (tertiary/aromatic N) is 2. The number of rotatable bonds is 13. The molecule has 17 rings (SSSR count). The van der Waals surface area contributed by atoms with Gasteiger partial charge in [-0.3, -0.25) is 0 Å². The molecule has 0 N–H and O–H groups in total. The van der Waals surface area contributed by atoms with Crippen LogP contribution in [-0.4, -0.2) is 19.8 Å². The molecule has 0 aliphatic carbocycles. The zero-order chi connectivity index (χ0) is 61.4. The summed E-state index contributed by atoms with van der Waals surface area (Å²) in [5.41, 5.74) is 28.3. The molecule has 0 unspecified atom stereocenters. The van der Waals surface area contributed by atoms with Gasteiger partial charge in [0.15, 0.2) is 0 Å². The van der Waals surface area contributed by atoms with Crippen molar-refractivity contribution in [2.24, 2.45) is 5.41 Å². The molecule has 92 heavy (non-hydrogen) atoms. The molecule has 438 valence electrons. The molecule has 0 radical (unpaired) electrons. The van der Waals surface area contributed by atoms with Crippen molar-refractivity contribution in [1.29, 1.82) is 0 Å². The number of fused-ring (bicyclic) bond motifs is 6. The summed E-state index contributed by atoms with van der Waals surface area (Å²) in [7, 11) is 0. The van der Waals surface area contributed by atoms with Crippen molar-refractivity contribution in [3.63, 3.8) is 0 Å². The Morgan fingerprint density at radius 2 is 0.728 bits per heavy atom. The lowest BCUT2D eigenvalue weighted by atomic mass is 9.33. The van der Waals surface area contributed by atoms with E-state index in [1.54, 1.807) is 0 Å². The van der Waals surface area contributed by atoms with Crippen LogP contribution in [-0.2, 0) is 19.3 Å². The van der Waals surface area contributed by atoms with Crippen LogP contribution in [0.15, 0.2) is 303 Å². The fraction of sp³-hybridized carbons (Fsp3) is 0.101. The van der Waals surface area contributed by atoms with Gasteiger partial charge in [-0.2, -0.15) is 0 Å². The Morgan fingerprint density at radius 3 is 1.24 bits per heavy atom. The van der Waals surface area contributed by atoms with E-state index >= 15 is 0 Å². The van der Waals surface area contributed by atoms with E-state index in [1.807, 2.05) is 0 Å². The normalized spacial score (nSPS) is 12.7. The van der Waals surface area contributed by atoms with E-state index in [1.165, 1.54) is 166 Å². The molecule has 0 bridgehead atoms. The van der Waals surface area contributed by atoms with Gasteiger partial charge in [-0.25, -0.2) is 0 Å². The fourth-order valence-corrected chi connectivity index (χ4v) is 16.0. The zero-order valence-electron chi connectivity index (χ0n) is 52.4. The molecule has 0 atom stereocenters. The topological polar surface area (TPSA) is 6.48 Å². The smallest absolute Gasteiger partial charge is 0.252 e. The van der Waals surface area contributed by atoms with Gasteiger partial charge in [0, 0.05) is 35.8 Å². The molecule has 2 aliphatic rings. The summed E-state index contributed by atoms with van der Waals surface area (Å²) in [5.74, 6) is 0. The Bertz CT molecular complexity index is 5120. The Hall–Kier alpha value is -10.7. The van der Waals surface area contributed by atoms with E-state index < -0.39 is 0 Å². The maximum atomic E-state index is 2.77. The lowest BCUT2D eigenvalue weighted by Crippen LogP contribution is -2.62. The monoisotopic (exact) mass is 1180 g/mol. The van der Waals surface area contributed by atoms with E-state index in [0.717, 1.165) is 32.4 Å². The highest BCUT2D eigenvalue weighted by Crippen LogP contribution is 2.47. The Balaban J connectivity index is 0.907. The maximum Gasteiger partial charge on any atom is 0.252 e. The predicted molar refractivity (Wildman–Crippen MR) is 395 cm³/mol. The molecule has 0 spiro atoms. The second kappa shape index (κ2) is 22.6. The van der Waals surface area contributed by atoms with Gasteiger partial charge >= 0.3 is 0 Å². The van der Waals surface area contributed by atoms with Crippen LogP contribution in [0.3, 0.4) is 0 Å². The van der Waals surface area contributed by atoms with Gasteiger partial charge in [-0.15, -0.1) is 0 Å². The fourth-order valence-electron chi connectivity index (χ4n) is 16.0. The first-order valence-electron chi connectivity index (χ1n) is 32.9. The van der Waals surface area contributed by atoms with Crippen LogP contribution < -0.4 is 26.2 Å². The van der Waals surface area contributed by atoms with Crippen molar-refractivity contribution in [3.05, 3.63) is 320 Å². The summed E-state index contributed by atoms with van der Waals surface area (Å²) in [4.78, 5) is 5.49. The molecule has 2 nitrogen and oxygen atoms in total. The summed E-state index contributed by atoms with van der Waals surface area (Å²) in [5, 5.41) is 10.5. The van der Waals surface area contributed by atoms with Crippen molar-refractivity contribution >= 4 is 88.9 Å². The van der Waals surface area contributed by atoms with E-state index in [4.69, 9.17) is 0 Å². The number of benzene rings is 15. The first-order valence-corrected chi connectivity index (χ1v) is 32.9. The van der Waals surface area contributed by atoms with Gasteiger partial charge < -0.3 is 9.80 Å². The molecule has 2 aliphatic heterocycles. The highest BCUT2D eigenvalue weighted by Gasteiger charge is 2.43. The van der Waals surface area contributed by atoms with E-state index in [-0.39, 0.29) is 12.1 Å². The maximum absolute atomic E-state index is 2.77. The Morgan fingerprint density at radius 1 is 0.293 bits per heavy atom. The molecule has 3 heteroatoms. The zero-order valence-corrected chi connectivity index (χ0v) is 52.4. The second-order valence-electron chi connectivity index (χ2n) is 26.7. The van der Waals surface area contributed by atoms with Crippen LogP contribution in [0, 0.1) is 5.41 Å². The van der Waals surface area contributed by atoms with E-state index in [0.29, 0.717) is 0 Å². The Kier molecular flexibility index (Phi) is 13.6. The van der Waals surface area contributed by atoms with Crippen molar-refractivity contribution in [2.45, 2.75) is 40.0 Å². The molecule has 0 amide bonds. The first kappa shape index (κ1) is 55.3. The largest absolute Gasteiger partial charge is 0.342 e. The molecule has 2 heterocycles. The third-order valence-corrected chi connectivity index (χ3v) is 19.9. The van der Waals surface area contributed by atoms with Crippen LogP contribution in [0.2, 0.25) is 0 Å². The third-order valence-electron chi connectivity index (χ3n) is 19.9. The van der Waals surface area contributed by atoms with Gasteiger partial charge in [0.2, 0.25) is 0 Å². The third kappa shape index (κ3) is 9.57. The van der Waals surface area contributed by atoms with Gasteiger partial charge in [-0.1, -0.05) is 300 Å². The first-order chi connectivity index (χ1) is 45.3. The summed E-state index contributed by atoms with van der Waals surface area (Å²) in [6.45, 7) is 8.67. The molecule has 0 saturated heterocycles. The van der Waals surface area contributed by atoms with Crippen LogP contribution in [0.25, 0.3) is 110 Å². The van der Waals surface area contributed by atoms with Crippen LogP contribution in [0.4, 0.5) is 22.7 Å². The molecule has 0 saturated carbocycles. The van der Waals surface area contributed by atoms with E-state index in [9.17, 15) is 0 Å². The van der Waals surface area contributed by atoms with Gasteiger partial charge in [0.05, 0.1) is 0 Å². The van der Waals surface area contributed by atoms with Crippen molar-refractivity contribution in [3.8, 4) is 66.8 Å². The average Bonchev–Trinajstić information content (AvgIpc) is 0.713. The predicted octanol–water partition coefficient (Wildman–Crippen LogP) is 21.2. The lowest BCUT2D eigenvalue weighted by molar-refractivity contribution is 0.411. The summed E-state index contributed by atoms with van der Waals surface area (Å²) in [6.07, 6.45) is 2.56. The van der Waals surface area contributed by atoms with Crippen molar-refractivity contribution in [1.82, 2.24) is 0 Å². The summed E-state index contributed by atoms with van der Waals surface area (Å²) < 4.78 is 0. The highest BCUT2D eigenvalue weighted by molar-refractivity contribution is 7.00. The SMILES string of the molecule is CC(C)(C)Cc1cc2c3c(c1)N(CCc1c(-c4ccccc4)cccc1-c1ccccc1)c1cc(-c4ccc5c6cccc7cccc(c8cccc4c85)c76)ccc1B3c1cc(-c3ccccc3)ccc1N2CCc1c(-c2ccccc2)cccc1-c1ccccc1. The summed E-state index contributed by atoms with van der Waals surface area (Å²) >= 11 is 0. The Labute approximate surface area is 540 Å². The molecular weight excluding hydrogens is 1110 g/mol. The molecule has 15 aromatic rings. The van der Waals surface area contributed by atoms with Crippen molar-refractivity contribution < 1.29 is 0 Å². The lowest BCUT2D eigenvalue weighted by Gasteiger charge is -2.45. The number of hydrogen-bond acceptors (Lipinski definition) is 2. The minimum atomic E-state index is -0.0554. The van der Waals surface area contributed by atoms with E-state index in [2.05, 4.69) is 334 Å². The summed E-state index contributed by atoms with van der Waals surface area (Å²) in [6, 6.07) is 115. The number of anilines is 4. The second-order valence-corrected chi connectivity index (χ2v) is 26.7. The quantitative estimate of drug-likeness (QED) is 0.0645.